The van der Waals surface area contributed by atoms with Crippen LogP contribution in [0.15, 0.2) is 30.6 Å². The molecule has 0 bridgehead atoms. The smallest absolute Gasteiger partial charge is 0.254 e. The minimum absolute atomic E-state index is 0. The Morgan fingerprint density at radius 1 is 1.13 bits per heavy atom. The summed E-state index contributed by atoms with van der Waals surface area (Å²) in [6, 6.07) is 3.24. The minimum atomic E-state index is -1.00. The summed E-state index contributed by atoms with van der Waals surface area (Å²) < 4.78 is 28.1. The highest BCUT2D eigenvalue weighted by atomic mass is 35.5. The largest absolute Gasteiger partial charge is 0.339 e. The molecule has 1 aromatic carbocycles. The lowest BCUT2D eigenvalue weighted by Crippen LogP contribution is -2.49. The standard InChI is InChI=1S/C15H16F2N4O.ClH/c1-19-5-4-18-15(19)21-8-6-20(7-9-21)14(22)11-2-3-12(16)13(17)10-11;/h2-5,10H,6-9H2,1H3;1H. The lowest BCUT2D eigenvalue weighted by molar-refractivity contribution is 0.0745. The van der Waals surface area contributed by atoms with Gasteiger partial charge in [0.15, 0.2) is 11.6 Å². The van der Waals surface area contributed by atoms with E-state index in [4.69, 9.17) is 0 Å². The van der Waals surface area contributed by atoms with Crippen LogP contribution < -0.4 is 4.90 Å². The van der Waals surface area contributed by atoms with Crippen molar-refractivity contribution in [2.45, 2.75) is 0 Å². The number of amides is 1. The minimum Gasteiger partial charge on any atom is -0.339 e. The van der Waals surface area contributed by atoms with Crippen LogP contribution in [0.5, 0.6) is 0 Å². The first kappa shape index (κ1) is 17.2. The average molecular weight is 343 g/mol. The average Bonchev–Trinajstić information content (AvgIpc) is 2.95. The van der Waals surface area contributed by atoms with Crippen LogP contribution in [0.25, 0.3) is 0 Å². The normalized spacial score (nSPS) is 14.6. The summed E-state index contributed by atoms with van der Waals surface area (Å²) in [7, 11) is 1.92. The van der Waals surface area contributed by atoms with Crippen molar-refractivity contribution in [3.8, 4) is 0 Å². The van der Waals surface area contributed by atoms with Gasteiger partial charge in [-0.15, -0.1) is 12.4 Å². The van der Waals surface area contributed by atoms with Gasteiger partial charge in [-0.05, 0) is 18.2 Å². The summed E-state index contributed by atoms with van der Waals surface area (Å²) in [4.78, 5) is 20.3. The first-order valence-electron chi connectivity index (χ1n) is 7.03. The van der Waals surface area contributed by atoms with Gasteiger partial charge in [-0.1, -0.05) is 0 Å². The van der Waals surface area contributed by atoms with Crippen molar-refractivity contribution in [1.82, 2.24) is 14.5 Å². The zero-order chi connectivity index (χ0) is 15.7. The topological polar surface area (TPSA) is 41.4 Å². The Morgan fingerprint density at radius 2 is 1.83 bits per heavy atom. The van der Waals surface area contributed by atoms with E-state index in [1.54, 1.807) is 11.1 Å². The molecule has 1 saturated heterocycles. The van der Waals surface area contributed by atoms with Crippen molar-refractivity contribution >= 4 is 24.3 Å². The first-order chi connectivity index (χ1) is 10.6. The van der Waals surface area contributed by atoms with Crippen LogP contribution in [0.2, 0.25) is 0 Å². The van der Waals surface area contributed by atoms with Crippen LogP contribution in [-0.2, 0) is 7.05 Å². The number of anilines is 1. The van der Waals surface area contributed by atoms with Gasteiger partial charge in [0.1, 0.15) is 0 Å². The van der Waals surface area contributed by atoms with Gasteiger partial charge in [-0.2, -0.15) is 0 Å². The highest BCUT2D eigenvalue weighted by Crippen LogP contribution is 2.16. The van der Waals surface area contributed by atoms with Crippen molar-refractivity contribution in [3.05, 3.63) is 47.8 Å². The Morgan fingerprint density at radius 3 is 2.39 bits per heavy atom. The number of carbonyl (C=O) groups is 1. The van der Waals surface area contributed by atoms with Gasteiger partial charge in [0.05, 0.1) is 0 Å². The molecule has 1 fully saturated rings. The number of halogens is 3. The molecule has 0 N–H and O–H groups in total. The third-order valence-electron chi connectivity index (χ3n) is 3.81. The molecule has 1 aliphatic heterocycles. The maximum Gasteiger partial charge on any atom is 0.254 e. The van der Waals surface area contributed by atoms with E-state index in [9.17, 15) is 13.6 Å². The molecule has 3 rings (SSSR count). The zero-order valence-electron chi connectivity index (χ0n) is 12.6. The number of hydrogen-bond donors (Lipinski definition) is 0. The third-order valence-corrected chi connectivity index (χ3v) is 3.81. The van der Waals surface area contributed by atoms with Gasteiger partial charge in [0.2, 0.25) is 5.95 Å². The summed E-state index contributed by atoms with van der Waals surface area (Å²) in [6.45, 7) is 2.34. The summed E-state index contributed by atoms with van der Waals surface area (Å²) in [5, 5.41) is 0. The monoisotopic (exact) mass is 342 g/mol. The lowest BCUT2D eigenvalue weighted by atomic mass is 10.1. The molecule has 8 heteroatoms. The van der Waals surface area contributed by atoms with Gasteiger partial charge in [0, 0.05) is 51.2 Å². The molecule has 0 unspecified atom stereocenters. The number of hydrogen-bond acceptors (Lipinski definition) is 3. The maximum absolute atomic E-state index is 13.2. The van der Waals surface area contributed by atoms with Gasteiger partial charge in [-0.25, -0.2) is 13.8 Å². The number of piperazine rings is 1. The fraction of sp³-hybridized carbons (Fsp3) is 0.333. The molecule has 23 heavy (non-hydrogen) atoms. The van der Waals surface area contributed by atoms with Crippen LogP contribution >= 0.6 is 12.4 Å². The van der Waals surface area contributed by atoms with E-state index in [0.717, 1.165) is 18.1 Å². The van der Waals surface area contributed by atoms with Crippen molar-refractivity contribution in [3.63, 3.8) is 0 Å². The predicted molar refractivity (Wildman–Crippen MR) is 84.9 cm³/mol. The predicted octanol–water partition coefficient (Wildman–Crippen LogP) is 2.08. The molecule has 0 atom stereocenters. The molecule has 0 radical (unpaired) electrons. The van der Waals surface area contributed by atoms with Gasteiger partial charge in [0.25, 0.3) is 5.91 Å². The SMILES string of the molecule is Cl.Cn1ccnc1N1CCN(C(=O)c2ccc(F)c(F)c2)CC1. The van der Waals surface area contributed by atoms with Crippen LogP contribution in [0.1, 0.15) is 10.4 Å². The van der Waals surface area contributed by atoms with Crippen LogP contribution in [0.3, 0.4) is 0 Å². The quantitative estimate of drug-likeness (QED) is 0.839. The molecule has 5 nitrogen and oxygen atoms in total. The van der Waals surface area contributed by atoms with Crippen LogP contribution in [-0.4, -0.2) is 46.5 Å². The van der Waals surface area contributed by atoms with Gasteiger partial charge >= 0.3 is 0 Å². The summed E-state index contributed by atoms with van der Waals surface area (Å²) in [5.41, 5.74) is 0.171. The van der Waals surface area contributed by atoms with Crippen molar-refractivity contribution < 1.29 is 13.6 Å². The second-order valence-electron chi connectivity index (χ2n) is 5.25. The zero-order valence-corrected chi connectivity index (χ0v) is 13.4. The van der Waals surface area contributed by atoms with Crippen LogP contribution in [0, 0.1) is 11.6 Å². The number of nitrogens with zero attached hydrogens (tertiary/aromatic N) is 4. The second-order valence-corrected chi connectivity index (χ2v) is 5.25. The molecule has 0 spiro atoms. The van der Waals surface area contributed by atoms with E-state index < -0.39 is 11.6 Å². The maximum atomic E-state index is 13.2. The lowest BCUT2D eigenvalue weighted by Gasteiger charge is -2.35. The molecular formula is C15H17ClF2N4O. The molecule has 0 saturated carbocycles. The highest BCUT2D eigenvalue weighted by Gasteiger charge is 2.24. The van der Waals surface area contributed by atoms with E-state index in [0.29, 0.717) is 26.2 Å². The molecule has 124 valence electrons. The first-order valence-corrected chi connectivity index (χ1v) is 7.03. The Kier molecular flexibility index (Phi) is 5.20. The highest BCUT2D eigenvalue weighted by molar-refractivity contribution is 5.94. The fourth-order valence-electron chi connectivity index (χ4n) is 2.58. The van der Waals surface area contributed by atoms with E-state index in [-0.39, 0.29) is 23.9 Å². The number of rotatable bonds is 2. The van der Waals surface area contributed by atoms with Crippen LogP contribution in [0.4, 0.5) is 14.7 Å². The van der Waals surface area contributed by atoms with E-state index in [2.05, 4.69) is 9.88 Å². The number of imidazole rings is 1. The van der Waals surface area contributed by atoms with Crippen molar-refractivity contribution in [1.29, 1.82) is 0 Å². The number of aryl methyl sites for hydroxylation is 1. The summed E-state index contributed by atoms with van der Waals surface area (Å²) in [6.07, 6.45) is 3.60. The Balaban J connectivity index is 0.00000192. The molecule has 2 aromatic rings. The van der Waals surface area contributed by atoms with E-state index in [1.807, 2.05) is 17.8 Å². The molecule has 2 heterocycles. The summed E-state index contributed by atoms with van der Waals surface area (Å²) >= 11 is 0. The molecule has 0 aliphatic carbocycles. The third kappa shape index (κ3) is 3.44. The van der Waals surface area contributed by atoms with E-state index in [1.165, 1.54) is 6.07 Å². The Bertz CT molecular complexity index is 699. The number of carbonyl (C=O) groups excluding carboxylic acids is 1. The van der Waals surface area contributed by atoms with Gasteiger partial charge < -0.3 is 14.4 Å². The van der Waals surface area contributed by atoms with Crippen molar-refractivity contribution in [2.75, 3.05) is 31.1 Å². The fourth-order valence-corrected chi connectivity index (χ4v) is 2.58. The van der Waals surface area contributed by atoms with E-state index >= 15 is 0 Å². The Labute approximate surface area is 138 Å². The van der Waals surface area contributed by atoms with Crippen molar-refractivity contribution in [2.24, 2.45) is 7.05 Å². The molecular weight excluding hydrogens is 326 g/mol. The molecule has 1 aliphatic rings. The molecule has 1 aromatic heterocycles. The Hall–Kier alpha value is -2.15. The molecule has 1 amide bonds. The van der Waals surface area contributed by atoms with Gasteiger partial charge in [-0.3, -0.25) is 4.79 Å². The number of benzene rings is 1. The summed E-state index contributed by atoms with van der Waals surface area (Å²) in [5.74, 6) is -1.37. The number of aromatic nitrogens is 2. The second kappa shape index (κ2) is 6.95.